The molecule has 6 nitrogen and oxygen atoms in total. The second-order valence-corrected chi connectivity index (χ2v) is 6.23. The molecule has 140 valence electrons. The molecule has 1 unspecified atom stereocenters. The molecule has 1 aliphatic rings. The van der Waals surface area contributed by atoms with Gasteiger partial charge in [-0.1, -0.05) is 25.1 Å². The summed E-state index contributed by atoms with van der Waals surface area (Å²) in [7, 11) is 2.97. The van der Waals surface area contributed by atoms with Crippen LogP contribution in [-0.2, 0) is 9.59 Å². The van der Waals surface area contributed by atoms with Gasteiger partial charge in [0.05, 0.1) is 25.8 Å². The van der Waals surface area contributed by atoms with Gasteiger partial charge >= 0.3 is 0 Å². The molecule has 1 heterocycles. The average molecular weight is 367 g/mol. The van der Waals surface area contributed by atoms with Gasteiger partial charge in [-0.3, -0.25) is 19.3 Å². The molecule has 27 heavy (non-hydrogen) atoms. The number of benzene rings is 2. The lowest BCUT2D eigenvalue weighted by Crippen LogP contribution is -2.30. The molecule has 1 saturated heterocycles. The highest BCUT2D eigenvalue weighted by atomic mass is 16.5. The molecule has 1 atom stereocenters. The number of para-hydroxylation sites is 1. The van der Waals surface area contributed by atoms with Crippen molar-refractivity contribution in [2.75, 3.05) is 19.1 Å². The molecular weight excluding hydrogens is 346 g/mol. The standard InChI is InChI=1S/C21H21NO5/c1-4-17(23)15-11-19(27-3)18(26-2)10-14(15)16-12-20(24)22(21(16)25)13-8-6-5-7-9-13/h5-11,16H,4,12H2,1-3H3. The van der Waals surface area contributed by atoms with E-state index in [1.54, 1.807) is 43.3 Å². The Balaban J connectivity index is 2.09. The quantitative estimate of drug-likeness (QED) is 0.578. The van der Waals surface area contributed by atoms with Crippen LogP contribution in [0.3, 0.4) is 0 Å². The van der Waals surface area contributed by atoms with Crippen LogP contribution in [0.25, 0.3) is 0 Å². The topological polar surface area (TPSA) is 72.9 Å². The number of nitrogens with zero attached hydrogens (tertiary/aromatic N) is 1. The first-order valence-corrected chi connectivity index (χ1v) is 8.72. The lowest BCUT2D eigenvalue weighted by atomic mass is 9.89. The van der Waals surface area contributed by atoms with E-state index >= 15 is 0 Å². The number of hydrogen-bond donors (Lipinski definition) is 0. The maximum Gasteiger partial charge on any atom is 0.241 e. The maximum atomic E-state index is 13.1. The molecular formula is C21H21NO5. The van der Waals surface area contributed by atoms with Gasteiger partial charge < -0.3 is 9.47 Å². The van der Waals surface area contributed by atoms with Gasteiger partial charge in [0.25, 0.3) is 0 Å². The first-order valence-electron chi connectivity index (χ1n) is 8.72. The van der Waals surface area contributed by atoms with Crippen LogP contribution < -0.4 is 14.4 Å². The van der Waals surface area contributed by atoms with E-state index in [1.165, 1.54) is 19.1 Å². The lowest BCUT2D eigenvalue weighted by molar-refractivity contribution is -0.121. The fraction of sp³-hybridized carbons (Fsp3) is 0.286. The van der Waals surface area contributed by atoms with Crippen molar-refractivity contribution in [2.24, 2.45) is 0 Å². The van der Waals surface area contributed by atoms with Crippen molar-refractivity contribution in [3.05, 3.63) is 53.6 Å². The Morgan fingerprint density at radius 2 is 1.70 bits per heavy atom. The Bertz CT molecular complexity index is 891. The maximum absolute atomic E-state index is 13.1. The highest BCUT2D eigenvalue weighted by Gasteiger charge is 2.42. The molecule has 2 aromatic carbocycles. The molecule has 1 aliphatic heterocycles. The average Bonchev–Trinajstić information content (AvgIpc) is 3.00. The van der Waals surface area contributed by atoms with Crippen LogP contribution in [0.4, 0.5) is 5.69 Å². The van der Waals surface area contributed by atoms with Gasteiger partial charge in [0.2, 0.25) is 11.8 Å². The summed E-state index contributed by atoms with van der Waals surface area (Å²) in [5, 5.41) is 0. The predicted molar refractivity (Wildman–Crippen MR) is 100 cm³/mol. The minimum atomic E-state index is -0.733. The van der Waals surface area contributed by atoms with Crippen LogP contribution in [0.2, 0.25) is 0 Å². The van der Waals surface area contributed by atoms with Crippen molar-refractivity contribution >= 4 is 23.3 Å². The minimum absolute atomic E-state index is 0.00715. The molecule has 0 aromatic heterocycles. The normalized spacial score (nSPS) is 16.6. The second kappa shape index (κ2) is 7.61. The number of amides is 2. The summed E-state index contributed by atoms with van der Waals surface area (Å²) < 4.78 is 10.6. The third kappa shape index (κ3) is 3.30. The van der Waals surface area contributed by atoms with Crippen LogP contribution in [-0.4, -0.2) is 31.8 Å². The number of rotatable bonds is 6. The van der Waals surface area contributed by atoms with Crippen molar-refractivity contribution in [1.29, 1.82) is 0 Å². The zero-order chi connectivity index (χ0) is 19.6. The van der Waals surface area contributed by atoms with Crippen LogP contribution in [0, 0.1) is 0 Å². The third-order valence-corrected chi connectivity index (χ3v) is 4.71. The van der Waals surface area contributed by atoms with Gasteiger partial charge in [0.15, 0.2) is 17.3 Å². The van der Waals surface area contributed by atoms with Gasteiger partial charge in [-0.25, -0.2) is 0 Å². The van der Waals surface area contributed by atoms with Crippen LogP contribution >= 0.6 is 0 Å². The smallest absolute Gasteiger partial charge is 0.241 e. The Kier molecular flexibility index (Phi) is 5.26. The highest BCUT2D eigenvalue weighted by molar-refractivity contribution is 6.23. The van der Waals surface area contributed by atoms with Gasteiger partial charge in [0.1, 0.15) is 0 Å². The second-order valence-electron chi connectivity index (χ2n) is 6.23. The zero-order valence-corrected chi connectivity index (χ0v) is 15.5. The zero-order valence-electron chi connectivity index (χ0n) is 15.5. The molecule has 0 bridgehead atoms. The first-order chi connectivity index (χ1) is 13.0. The van der Waals surface area contributed by atoms with Crippen molar-refractivity contribution in [1.82, 2.24) is 0 Å². The van der Waals surface area contributed by atoms with Crippen molar-refractivity contribution in [3.8, 4) is 11.5 Å². The Morgan fingerprint density at radius 1 is 1.07 bits per heavy atom. The summed E-state index contributed by atoms with van der Waals surface area (Å²) in [4.78, 5) is 39.3. The number of imide groups is 1. The number of carbonyl (C=O) groups is 3. The first kappa shape index (κ1) is 18.6. The number of Topliss-reactive ketones (excluding diaryl/α,β-unsaturated/α-hetero) is 1. The SMILES string of the molecule is CCC(=O)c1cc(OC)c(OC)cc1C1CC(=O)N(c2ccccc2)C1=O. The summed E-state index contributed by atoms with van der Waals surface area (Å²) >= 11 is 0. The predicted octanol–water partition coefficient (Wildman–Crippen LogP) is 3.34. The summed E-state index contributed by atoms with van der Waals surface area (Å²) in [5.74, 6) is -0.662. The lowest BCUT2D eigenvalue weighted by Gasteiger charge is -2.18. The third-order valence-electron chi connectivity index (χ3n) is 4.71. The molecule has 0 saturated carbocycles. The van der Waals surface area contributed by atoms with Crippen molar-refractivity contribution in [3.63, 3.8) is 0 Å². The molecule has 0 aliphatic carbocycles. The van der Waals surface area contributed by atoms with Gasteiger partial charge in [0, 0.05) is 18.4 Å². The van der Waals surface area contributed by atoms with Crippen LogP contribution in [0.1, 0.15) is 41.6 Å². The van der Waals surface area contributed by atoms with E-state index in [9.17, 15) is 14.4 Å². The largest absolute Gasteiger partial charge is 0.493 e. The van der Waals surface area contributed by atoms with E-state index in [0.29, 0.717) is 28.3 Å². The number of hydrogen-bond acceptors (Lipinski definition) is 5. The number of anilines is 1. The number of carbonyl (C=O) groups excluding carboxylic acids is 3. The van der Waals surface area contributed by atoms with E-state index in [0.717, 1.165) is 0 Å². The Morgan fingerprint density at radius 3 is 2.30 bits per heavy atom. The van der Waals surface area contributed by atoms with E-state index in [1.807, 2.05) is 6.07 Å². The number of ether oxygens (including phenoxy) is 2. The Labute approximate surface area is 157 Å². The Hall–Kier alpha value is -3.15. The van der Waals surface area contributed by atoms with Crippen LogP contribution in [0.15, 0.2) is 42.5 Å². The highest BCUT2D eigenvalue weighted by Crippen LogP contribution is 2.40. The minimum Gasteiger partial charge on any atom is -0.493 e. The molecule has 3 rings (SSSR count). The molecule has 2 amide bonds. The van der Waals surface area contributed by atoms with E-state index < -0.39 is 5.92 Å². The summed E-state index contributed by atoms with van der Waals surface area (Å²) in [5.41, 5.74) is 1.41. The monoisotopic (exact) mass is 367 g/mol. The van der Waals surface area contributed by atoms with E-state index in [2.05, 4.69) is 0 Å². The summed E-state index contributed by atoms with van der Waals surface area (Å²) in [6.07, 6.45) is 0.285. The van der Waals surface area contributed by atoms with E-state index in [4.69, 9.17) is 9.47 Å². The van der Waals surface area contributed by atoms with Gasteiger partial charge in [-0.05, 0) is 29.8 Å². The molecule has 1 fully saturated rings. The molecule has 0 N–H and O–H groups in total. The molecule has 0 radical (unpaired) electrons. The molecule has 2 aromatic rings. The molecule has 0 spiro atoms. The number of ketones is 1. The van der Waals surface area contributed by atoms with E-state index in [-0.39, 0.29) is 30.4 Å². The fourth-order valence-electron chi connectivity index (χ4n) is 3.34. The number of methoxy groups -OCH3 is 2. The van der Waals surface area contributed by atoms with Crippen molar-refractivity contribution < 1.29 is 23.9 Å². The fourth-order valence-corrected chi connectivity index (χ4v) is 3.34. The summed E-state index contributed by atoms with van der Waals surface area (Å²) in [6.45, 7) is 1.75. The molecule has 6 heteroatoms. The summed E-state index contributed by atoms with van der Waals surface area (Å²) in [6, 6.07) is 12.0. The van der Waals surface area contributed by atoms with Gasteiger partial charge in [-0.2, -0.15) is 0 Å². The van der Waals surface area contributed by atoms with Crippen molar-refractivity contribution in [2.45, 2.75) is 25.7 Å². The van der Waals surface area contributed by atoms with Gasteiger partial charge in [-0.15, -0.1) is 0 Å². The van der Waals surface area contributed by atoms with Crippen LogP contribution in [0.5, 0.6) is 11.5 Å².